The molecule has 7 heteroatoms. The van der Waals surface area contributed by atoms with Crippen LogP contribution in [0.1, 0.15) is 38.2 Å². The van der Waals surface area contributed by atoms with E-state index in [1.807, 2.05) is 19.1 Å². The van der Waals surface area contributed by atoms with Gasteiger partial charge in [0.05, 0.1) is 31.1 Å². The van der Waals surface area contributed by atoms with Gasteiger partial charge in [-0.1, -0.05) is 37.5 Å². The highest BCUT2D eigenvalue weighted by molar-refractivity contribution is 7.89. The van der Waals surface area contributed by atoms with Gasteiger partial charge in [-0.05, 0) is 37.8 Å². The molecule has 1 saturated heterocycles. The zero-order valence-electron chi connectivity index (χ0n) is 16.4. The largest absolute Gasteiger partial charge is 0.348 e. The van der Waals surface area contributed by atoms with Gasteiger partial charge < -0.3 is 10.2 Å². The molecule has 1 aromatic carbocycles. The fourth-order valence-electron chi connectivity index (χ4n) is 4.09. The molecule has 3 rings (SSSR count). The maximum atomic E-state index is 12.8. The van der Waals surface area contributed by atoms with Crippen molar-refractivity contribution in [2.45, 2.75) is 50.5 Å². The summed E-state index contributed by atoms with van der Waals surface area (Å²) < 4.78 is 27.1. The lowest BCUT2D eigenvalue weighted by Crippen LogP contribution is -3.15. The van der Waals surface area contributed by atoms with Crippen LogP contribution in [-0.4, -0.2) is 57.4 Å². The zero-order chi connectivity index (χ0) is 19.4. The predicted octanol–water partition coefficient (Wildman–Crippen LogP) is 0.579. The zero-order valence-corrected chi connectivity index (χ0v) is 17.2. The first-order chi connectivity index (χ1) is 12.9. The third kappa shape index (κ3) is 5.09. The Balaban J connectivity index is 1.49. The Morgan fingerprint density at radius 1 is 1.15 bits per heavy atom. The Kier molecular flexibility index (Phi) is 6.55. The summed E-state index contributed by atoms with van der Waals surface area (Å²) in [6.07, 6.45) is 4.71. The van der Waals surface area contributed by atoms with Crippen molar-refractivity contribution >= 4 is 15.9 Å². The number of amides is 1. The summed E-state index contributed by atoms with van der Waals surface area (Å²) in [5, 5.41) is 3.20. The number of rotatable bonds is 5. The van der Waals surface area contributed by atoms with Gasteiger partial charge in [-0.15, -0.1) is 0 Å². The number of aryl methyl sites for hydroxylation is 1. The number of piperazine rings is 1. The number of nitrogens with one attached hydrogen (secondary N) is 2. The molecule has 6 nitrogen and oxygen atoms in total. The second kappa shape index (κ2) is 8.71. The molecule has 2 fully saturated rings. The predicted molar refractivity (Wildman–Crippen MR) is 105 cm³/mol. The van der Waals surface area contributed by atoms with Crippen molar-refractivity contribution in [1.29, 1.82) is 0 Å². The van der Waals surface area contributed by atoms with E-state index in [0.29, 0.717) is 49.6 Å². The van der Waals surface area contributed by atoms with Crippen molar-refractivity contribution in [3.63, 3.8) is 0 Å². The van der Waals surface area contributed by atoms with E-state index in [-0.39, 0.29) is 5.91 Å². The second-order valence-corrected chi connectivity index (χ2v) is 10.0. The van der Waals surface area contributed by atoms with Gasteiger partial charge in [-0.2, -0.15) is 4.31 Å². The number of quaternary nitrogens is 1. The van der Waals surface area contributed by atoms with Crippen LogP contribution in [-0.2, 0) is 14.8 Å². The van der Waals surface area contributed by atoms with Crippen molar-refractivity contribution in [3.8, 4) is 0 Å². The van der Waals surface area contributed by atoms with Gasteiger partial charge in [-0.3, -0.25) is 4.79 Å². The molecule has 27 heavy (non-hydrogen) atoms. The average Bonchev–Trinajstić information content (AvgIpc) is 2.64. The number of sulfonamides is 1. The molecule has 1 heterocycles. The maximum Gasteiger partial charge on any atom is 0.275 e. The number of nitrogens with zero attached hydrogens (tertiary/aromatic N) is 1. The standard InChI is InChI=1S/C20H31N3O3S/c1-16-7-9-18(10-8-16)27(25,26)23-13-11-22(12-14-23)15-20(24)21-19-6-4-3-5-17(19)2/h7-10,17,19H,3-6,11-15H2,1-2H3,(H,21,24)/p+1/t17-,19-/m1/s1. The van der Waals surface area contributed by atoms with E-state index < -0.39 is 10.0 Å². The Labute approximate surface area is 163 Å². The van der Waals surface area contributed by atoms with Gasteiger partial charge in [0, 0.05) is 6.04 Å². The topological polar surface area (TPSA) is 70.9 Å². The highest BCUT2D eigenvalue weighted by atomic mass is 32.2. The summed E-state index contributed by atoms with van der Waals surface area (Å²) in [4.78, 5) is 13.9. The van der Waals surface area contributed by atoms with Crippen LogP contribution >= 0.6 is 0 Å². The molecule has 2 atom stereocenters. The highest BCUT2D eigenvalue weighted by Crippen LogP contribution is 2.23. The van der Waals surface area contributed by atoms with Gasteiger partial charge in [0.25, 0.3) is 5.91 Å². The van der Waals surface area contributed by atoms with E-state index >= 15 is 0 Å². The molecular weight excluding hydrogens is 362 g/mol. The number of carbonyl (C=O) groups excluding carboxylic acids is 1. The highest BCUT2D eigenvalue weighted by Gasteiger charge is 2.31. The fourth-order valence-corrected chi connectivity index (χ4v) is 5.54. The fraction of sp³-hybridized carbons (Fsp3) is 0.650. The first kappa shape index (κ1) is 20.3. The molecule has 2 aliphatic rings. The van der Waals surface area contributed by atoms with Crippen LogP contribution in [0.4, 0.5) is 0 Å². The first-order valence-electron chi connectivity index (χ1n) is 10.1. The molecule has 0 unspecified atom stereocenters. The quantitative estimate of drug-likeness (QED) is 0.768. The SMILES string of the molecule is Cc1ccc(S(=O)(=O)N2CC[NH+](CC(=O)N[C@@H]3CCCC[C@H]3C)CC2)cc1. The van der Waals surface area contributed by atoms with E-state index in [1.165, 1.54) is 19.3 Å². The van der Waals surface area contributed by atoms with Crippen LogP contribution in [0.25, 0.3) is 0 Å². The van der Waals surface area contributed by atoms with Crippen LogP contribution in [0.3, 0.4) is 0 Å². The first-order valence-corrected chi connectivity index (χ1v) is 11.5. The molecule has 0 spiro atoms. The van der Waals surface area contributed by atoms with Crippen molar-refractivity contribution in [2.75, 3.05) is 32.7 Å². The number of hydrogen-bond donors (Lipinski definition) is 2. The molecule has 1 amide bonds. The molecular formula is C20H32N3O3S+. The minimum Gasteiger partial charge on any atom is -0.348 e. The number of benzene rings is 1. The molecule has 0 radical (unpaired) electrons. The van der Waals surface area contributed by atoms with Crippen LogP contribution in [0.2, 0.25) is 0 Å². The van der Waals surface area contributed by atoms with Gasteiger partial charge in [0.1, 0.15) is 0 Å². The van der Waals surface area contributed by atoms with E-state index in [2.05, 4.69) is 12.2 Å². The van der Waals surface area contributed by atoms with Crippen LogP contribution in [0.5, 0.6) is 0 Å². The minimum atomic E-state index is -3.44. The van der Waals surface area contributed by atoms with Gasteiger partial charge in [0.2, 0.25) is 10.0 Å². The summed E-state index contributed by atoms with van der Waals surface area (Å²) in [5.74, 6) is 0.646. The Morgan fingerprint density at radius 3 is 2.41 bits per heavy atom. The van der Waals surface area contributed by atoms with Crippen molar-refractivity contribution in [2.24, 2.45) is 5.92 Å². The summed E-state index contributed by atoms with van der Waals surface area (Å²) in [7, 11) is -3.44. The van der Waals surface area contributed by atoms with Gasteiger partial charge >= 0.3 is 0 Å². The summed E-state index contributed by atoms with van der Waals surface area (Å²) in [6.45, 7) is 6.83. The lowest BCUT2D eigenvalue weighted by atomic mass is 9.86. The lowest BCUT2D eigenvalue weighted by Gasteiger charge is -2.33. The summed E-state index contributed by atoms with van der Waals surface area (Å²) >= 11 is 0. The molecule has 1 aromatic rings. The Bertz CT molecular complexity index is 740. The molecule has 1 aliphatic heterocycles. The summed E-state index contributed by atoms with van der Waals surface area (Å²) in [5.41, 5.74) is 1.04. The monoisotopic (exact) mass is 394 g/mol. The van der Waals surface area contributed by atoms with E-state index in [1.54, 1.807) is 16.4 Å². The maximum absolute atomic E-state index is 12.8. The number of hydrogen-bond acceptors (Lipinski definition) is 3. The van der Waals surface area contributed by atoms with Crippen molar-refractivity contribution in [3.05, 3.63) is 29.8 Å². The minimum absolute atomic E-state index is 0.0959. The lowest BCUT2D eigenvalue weighted by molar-refractivity contribution is -0.895. The molecule has 2 N–H and O–H groups in total. The third-order valence-electron chi connectivity index (χ3n) is 5.96. The van der Waals surface area contributed by atoms with Crippen LogP contribution in [0.15, 0.2) is 29.2 Å². The summed E-state index contributed by atoms with van der Waals surface area (Å²) in [6, 6.07) is 7.29. The second-order valence-electron chi connectivity index (χ2n) is 8.08. The normalized spacial score (nSPS) is 25.3. The van der Waals surface area contributed by atoms with E-state index in [4.69, 9.17) is 0 Å². The molecule has 150 valence electrons. The van der Waals surface area contributed by atoms with Gasteiger partial charge in [-0.25, -0.2) is 8.42 Å². The Morgan fingerprint density at radius 2 is 1.78 bits per heavy atom. The number of carbonyl (C=O) groups is 1. The molecule has 1 aliphatic carbocycles. The van der Waals surface area contributed by atoms with Gasteiger partial charge in [0.15, 0.2) is 6.54 Å². The van der Waals surface area contributed by atoms with Crippen LogP contribution in [0, 0.1) is 12.8 Å². The van der Waals surface area contributed by atoms with Crippen molar-refractivity contribution < 1.29 is 18.1 Å². The molecule has 0 aromatic heterocycles. The molecule has 0 bridgehead atoms. The van der Waals surface area contributed by atoms with Crippen LogP contribution < -0.4 is 10.2 Å². The molecule has 1 saturated carbocycles. The smallest absolute Gasteiger partial charge is 0.275 e. The Hall–Kier alpha value is -1.44. The van der Waals surface area contributed by atoms with Crippen molar-refractivity contribution in [1.82, 2.24) is 9.62 Å². The third-order valence-corrected chi connectivity index (χ3v) is 7.87. The van der Waals surface area contributed by atoms with E-state index in [9.17, 15) is 13.2 Å². The van der Waals surface area contributed by atoms with E-state index in [0.717, 1.165) is 16.9 Å². The average molecular weight is 395 g/mol.